The first kappa shape index (κ1) is 17.0. The van der Waals surface area contributed by atoms with Crippen LogP contribution in [0.1, 0.15) is 55.0 Å². The number of aliphatic hydroxyl groups is 1. The van der Waals surface area contributed by atoms with Crippen molar-refractivity contribution in [3.63, 3.8) is 0 Å². The molecular formula is C17H20F3N3O. The molecule has 1 aliphatic carbocycles. The van der Waals surface area contributed by atoms with E-state index in [1.807, 2.05) is 0 Å². The van der Waals surface area contributed by atoms with Gasteiger partial charge in [-0.25, -0.2) is 9.67 Å². The number of hydrogen-bond acceptors (Lipinski definition) is 3. The number of nitrogens with zero attached hydrogens (tertiary/aromatic N) is 3. The van der Waals surface area contributed by atoms with Gasteiger partial charge < -0.3 is 5.11 Å². The van der Waals surface area contributed by atoms with Gasteiger partial charge in [-0.1, -0.05) is 19.3 Å². The van der Waals surface area contributed by atoms with Gasteiger partial charge in [-0.3, -0.25) is 0 Å². The van der Waals surface area contributed by atoms with E-state index >= 15 is 0 Å². The molecule has 1 unspecified atom stereocenters. The fraction of sp³-hybridized carbons (Fsp3) is 0.529. The monoisotopic (exact) mass is 339 g/mol. The van der Waals surface area contributed by atoms with Gasteiger partial charge in [0.25, 0.3) is 0 Å². The van der Waals surface area contributed by atoms with Crippen LogP contribution < -0.4 is 0 Å². The highest BCUT2D eigenvalue weighted by molar-refractivity contribution is 5.30. The van der Waals surface area contributed by atoms with Gasteiger partial charge in [0, 0.05) is 18.0 Å². The highest BCUT2D eigenvalue weighted by Crippen LogP contribution is 2.35. The Balaban J connectivity index is 1.83. The first-order chi connectivity index (χ1) is 11.4. The fourth-order valence-corrected chi connectivity index (χ4v) is 3.27. The molecule has 1 fully saturated rings. The fourth-order valence-electron chi connectivity index (χ4n) is 3.27. The van der Waals surface area contributed by atoms with Gasteiger partial charge in [0.05, 0.1) is 17.4 Å². The number of hydrogen-bond donors (Lipinski definition) is 1. The molecule has 1 N–H and O–H groups in total. The van der Waals surface area contributed by atoms with E-state index in [9.17, 15) is 18.3 Å². The van der Waals surface area contributed by atoms with E-state index in [2.05, 4.69) is 10.1 Å². The van der Waals surface area contributed by atoms with Crippen LogP contribution in [-0.2, 0) is 6.18 Å². The standard InChI is InChI=1S/C17H20F3N3O/c1-11-14(16(24)12-5-3-2-4-6-12)10-23(22-11)15-8-7-13(9-21-15)17(18,19)20/h7-10,12,16,24H,2-6H2,1H3. The van der Waals surface area contributed by atoms with Crippen LogP contribution in [0.4, 0.5) is 13.2 Å². The topological polar surface area (TPSA) is 50.9 Å². The second kappa shape index (κ2) is 6.55. The molecule has 3 rings (SSSR count). The van der Waals surface area contributed by atoms with Gasteiger partial charge in [0.2, 0.25) is 0 Å². The first-order valence-corrected chi connectivity index (χ1v) is 8.14. The number of alkyl halides is 3. The number of rotatable bonds is 3. The van der Waals surface area contributed by atoms with E-state index in [4.69, 9.17) is 0 Å². The zero-order valence-electron chi connectivity index (χ0n) is 13.4. The van der Waals surface area contributed by atoms with Crippen molar-refractivity contribution in [2.75, 3.05) is 0 Å². The van der Waals surface area contributed by atoms with Gasteiger partial charge >= 0.3 is 6.18 Å². The number of halogens is 3. The Morgan fingerprint density at radius 3 is 2.50 bits per heavy atom. The Bertz CT molecular complexity index is 688. The molecular weight excluding hydrogens is 319 g/mol. The van der Waals surface area contributed by atoms with Crippen molar-refractivity contribution < 1.29 is 18.3 Å². The van der Waals surface area contributed by atoms with Crippen LogP contribution in [0, 0.1) is 12.8 Å². The molecule has 1 aliphatic rings. The first-order valence-electron chi connectivity index (χ1n) is 8.14. The van der Waals surface area contributed by atoms with E-state index in [1.165, 1.54) is 17.2 Å². The number of aromatic nitrogens is 3. The average Bonchev–Trinajstić information content (AvgIpc) is 2.96. The third kappa shape index (κ3) is 3.45. The molecule has 0 bridgehead atoms. The number of aliphatic hydroxyl groups excluding tert-OH is 1. The molecule has 0 aromatic carbocycles. The maximum absolute atomic E-state index is 12.6. The summed E-state index contributed by atoms with van der Waals surface area (Å²) >= 11 is 0. The maximum atomic E-state index is 12.6. The predicted octanol–water partition coefficient (Wildman–Crippen LogP) is 4.21. The molecule has 24 heavy (non-hydrogen) atoms. The van der Waals surface area contributed by atoms with E-state index in [-0.39, 0.29) is 5.92 Å². The summed E-state index contributed by atoms with van der Waals surface area (Å²) in [5, 5.41) is 14.9. The summed E-state index contributed by atoms with van der Waals surface area (Å²) in [5.41, 5.74) is 0.607. The Labute approximate surface area is 138 Å². The summed E-state index contributed by atoms with van der Waals surface area (Å²) in [6.07, 6.45) is 2.89. The average molecular weight is 339 g/mol. The largest absolute Gasteiger partial charge is 0.417 e. The SMILES string of the molecule is Cc1nn(-c2ccc(C(F)(F)F)cn2)cc1C(O)C1CCCCC1. The zero-order chi connectivity index (χ0) is 17.3. The second-order valence-corrected chi connectivity index (χ2v) is 6.36. The normalized spacial score (nSPS) is 17.9. The third-order valence-electron chi connectivity index (χ3n) is 4.66. The predicted molar refractivity (Wildman–Crippen MR) is 82.6 cm³/mol. The summed E-state index contributed by atoms with van der Waals surface area (Å²) < 4.78 is 39.2. The van der Waals surface area contributed by atoms with Crippen LogP contribution in [0.25, 0.3) is 5.82 Å². The van der Waals surface area contributed by atoms with Crippen LogP contribution in [0.5, 0.6) is 0 Å². The van der Waals surface area contributed by atoms with E-state index < -0.39 is 17.8 Å². The van der Waals surface area contributed by atoms with E-state index in [0.29, 0.717) is 11.5 Å². The summed E-state index contributed by atoms with van der Waals surface area (Å²) in [6.45, 7) is 1.79. The van der Waals surface area contributed by atoms with Gasteiger partial charge in [-0.05, 0) is 37.8 Å². The molecule has 130 valence electrons. The Hall–Kier alpha value is -1.89. The smallest absolute Gasteiger partial charge is 0.388 e. The quantitative estimate of drug-likeness (QED) is 0.911. The highest BCUT2D eigenvalue weighted by atomic mass is 19.4. The molecule has 7 heteroatoms. The van der Waals surface area contributed by atoms with E-state index in [1.54, 1.807) is 13.1 Å². The van der Waals surface area contributed by atoms with Gasteiger partial charge in [0.15, 0.2) is 5.82 Å². The molecule has 2 aromatic heterocycles. The van der Waals surface area contributed by atoms with Crippen molar-refractivity contribution >= 4 is 0 Å². The molecule has 0 spiro atoms. The molecule has 0 amide bonds. The molecule has 2 aromatic rings. The van der Waals surface area contributed by atoms with Crippen molar-refractivity contribution in [2.45, 2.75) is 51.3 Å². The molecule has 0 saturated heterocycles. The molecule has 2 heterocycles. The van der Waals surface area contributed by atoms with Crippen molar-refractivity contribution in [3.05, 3.63) is 41.3 Å². The zero-order valence-corrected chi connectivity index (χ0v) is 13.4. The minimum absolute atomic E-state index is 0.218. The Morgan fingerprint density at radius 1 is 1.21 bits per heavy atom. The van der Waals surface area contributed by atoms with Crippen LogP contribution in [-0.4, -0.2) is 19.9 Å². The second-order valence-electron chi connectivity index (χ2n) is 6.36. The third-order valence-corrected chi connectivity index (χ3v) is 4.66. The Kier molecular flexibility index (Phi) is 4.62. The van der Waals surface area contributed by atoms with Crippen molar-refractivity contribution in [1.29, 1.82) is 0 Å². The summed E-state index contributed by atoms with van der Waals surface area (Å²) in [4.78, 5) is 3.84. The van der Waals surface area contributed by atoms with E-state index in [0.717, 1.165) is 43.5 Å². The molecule has 1 atom stereocenters. The van der Waals surface area contributed by atoms with Crippen molar-refractivity contribution in [1.82, 2.24) is 14.8 Å². The lowest BCUT2D eigenvalue weighted by molar-refractivity contribution is -0.137. The Morgan fingerprint density at radius 2 is 1.92 bits per heavy atom. The van der Waals surface area contributed by atoms with Crippen molar-refractivity contribution in [2.24, 2.45) is 5.92 Å². The lowest BCUT2D eigenvalue weighted by Gasteiger charge is -2.26. The van der Waals surface area contributed by atoms with Gasteiger partial charge in [0.1, 0.15) is 0 Å². The number of aryl methyl sites for hydroxylation is 1. The molecule has 0 aliphatic heterocycles. The lowest BCUT2D eigenvalue weighted by Crippen LogP contribution is -2.16. The highest BCUT2D eigenvalue weighted by Gasteiger charge is 2.31. The van der Waals surface area contributed by atoms with Crippen LogP contribution in [0.3, 0.4) is 0 Å². The number of pyridine rings is 1. The molecule has 4 nitrogen and oxygen atoms in total. The lowest BCUT2D eigenvalue weighted by atomic mass is 9.83. The minimum atomic E-state index is -4.41. The summed E-state index contributed by atoms with van der Waals surface area (Å²) in [5.74, 6) is 0.517. The minimum Gasteiger partial charge on any atom is -0.388 e. The van der Waals surface area contributed by atoms with Gasteiger partial charge in [-0.2, -0.15) is 18.3 Å². The summed E-state index contributed by atoms with van der Waals surface area (Å²) in [6, 6.07) is 2.27. The van der Waals surface area contributed by atoms with Crippen molar-refractivity contribution in [3.8, 4) is 5.82 Å². The maximum Gasteiger partial charge on any atom is 0.417 e. The van der Waals surface area contributed by atoms with Crippen LogP contribution in [0.2, 0.25) is 0 Å². The van der Waals surface area contributed by atoms with Gasteiger partial charge in [-0.15, -0.1) is 0 Å². The van der Waals surface area contributed by atoms with Crippen LogP contribution in [0.15, 0.2) is 24.5 Å². The van der Waals surface area contributed by atoms with Crippen LogP contribution >= 0.6 is 0 Å². The molecule has 1 saturated carbocycles. The summed E-state index contributed by atoms with van der Waals surface area (Å²) in [7, 11) is 0. The molecule has 0 radical (unpaired) electrons.